The molecule has 0 saturated carbocycles. The van der Waals surface area contributed by atoms with Crippen molar-refractivity contribution in [3.63, 3.8) is 0 Å². The molecule has 6 atom stereocenters. The van der Waals surface area contributed by atoms with Gasteiger partial charge in [0.15, 0.2) is 33.3 Å². The van der Waals surface area contributed by atoms with Gasteiger partial charge in [-0.25, -0.2) is 21.6 Å². The molecule has 0 aromatic carbocycles. The summed E-state index contributed by atoms with van der Waals surface area (Å²) in [4.78, 5) is 66.3. The predicted octanol–water partition coefficient (Wildman–Crippen LogP) is 1.50. The van der Waals surface area contributed by atoms with E-state index in [0.717, 1.165) is 6.92 Å². The number of ketones is 2. The van der Waals surface area contributed by atoms with Crippen molar-refractivity contribution < 1.29 is 59.8 Å². The molecule has 1 saturated heterocycles. The number of amides is 1. The Balaban J connectivity index is 1.53. The molecule has 0 aliphatic carbocycles. The highest BCUT2D eigenvalue weighted by molar-refractivity contribution is 7.95. The highest BCUT2D eigenvalue weighted by Gasteiger charge is 2.41. The molecule has 326 valence electrons. The van der Waals surface area contributed by atoms with Crippen molar-refractivity contribution in [1.29, 1.82) is 10.8 Å². The van der Waals surface area contributed by atoms with Crippen molar-refractivity contribution in [3.05, 3.63) is 11.6 Å². The second-order valence-corrected chi connectivity index (χ2v) is 20.7. The number of thiophene rings is 1. The number of esters is 2. The van der Waals surface area contributed by atoms with E-state index in [4.69, 9.17) is 29.8 Å². The third kappa shape index (κ3) is 13.1. The lowest BCUT2D eigenvalue weighted by Crippen LogP contribution is -2.46. The summed E-state index contributed by atoms with van der Waals surface area (Å²) in [6, 6.07) is 0.781. The van der Waals surface area contributed by atoms with Crippen molar-refractivity contribution in [2.45, 2.75) is 112 Å². The highest BCUT2D eigenvalue weighted by atomic mass is 32.3. The zero-order chi connectivity index (χ0) is 43.7. The fourth-order valence-corrected chi connectivity index (χ4v) is 11.0. The van der Waals surface area contributed by atoms with Crippen molar-refractivity contribution in [3.8, 4) is 0 Å². The summed E-state index contributed by atoms with van der Waals surface area (Å²) in [6.07, 6.45) is -3.07. The molecule has 0 unspecified atom stereocenters. The summed E-state index contributed by atoms with van der Waals surface area (Å²) in [5.74, 6) is -8.51. The Morgan fingerprint density at radius 1 is 1.00 bits per heavy atom. The van der Waals surface area contributed by atoms with Crippen molar-refractivity contribution in [1.82, 2.24) is 20.3 Å². The number of carbonyl (C=O) groups excluding carboxylic acids is 5. The Bertz CT molecular complexity index is 1940. The number of amidine groups is 1. The van der Waals surface area contributed by atoms with Gasteiger partial charge >= 0.3 is 11.9 Å². The van der Waals surface area contributed by atoms with Gasteiger partial charge in [0, 0.05) is 36.8 Å². The van der Waals surface area contributed by atoms with Crippen LogP contribution in [0.2, 0.25) is 0 Å². The number of carbonyl (C=O) groups is 5. The Hall–Kier alpha value is -3.83. The minimum Gasteiger partial charge on any atom is -0.471 e. The molecule has 1 aromatic rings. The SMILES string of the molecule is CCN[C@H]1C[C@H](C)S(=O)(=O)c2sc(S(=O)(=O)NC(=O)[C@@H](C)C(=O)[C@@H](C)C(=O)[C@H](C)OC(=O)CCC(=O)O[C@@H](CNC(C)(C)C)COC(=N)C(=N)N3CCOCC3)cc21. The van der Waals surface area contributed by atoms with Crippen LogP contribution in [0.3, 0.4) is 0 Å². The Kier molecular flexibility index (Phi) is 17.1. The zero-order valence-corrected chi connectivity index (χ0v) is 36.5. The molecular formula is C36H56N6O13S3. The largest absolute Gasteiger partial charge is 0.471 e. The number of Topliss-reactive ketones (excluding diaryl/α,β-unsaturated/α-hetero) is 2. The van der Waals surface area contributed by atoms with Crippen molar-refractivity contribution in [2.75, 3.05) is 46.0 Å². The molecule has 3 rings (SSSR count). The third-order valence-electron chi connectivity index (χ3n) is 9.41. The van der Waals surface area contributed by atoms with E-state index >= 15 is 0 Å². The van der Waals surface area contributed by atoms with Gasteiger partial charge in [0.25, 0.3) is 10.0 Å². The van der Waals surface area contributed by atoms with Gasteiger partial charge in [-0.15, -0.1) is 11.3 Å². The first kappa shape index (κ1) is 48.5. The van der Waals surface area contributed by atoms with E-state index in [2.05, 4.69) is 10.6 Å². The summed E-state index contributed by atoms with van der Waals surface area (Å²) in [5.41, 5.74) is -0.0840. The minimum absolute atomic E-state index is 0.114. The maximum atomic E-state index is 13.2. The lowest BCUT2D eigenvalue weighted by molar-refractivity contribution is -0.159. The van der Waals surface area contributed by atoms with E-state index in [1.807, 2.05) is 32.4 Å². The van der Waals surface area contributed by atoms with Gasteiger partial charge in [-0.3, -0.25) is 34.8 Å². The maximum Gasteiger partial charge on any atom is 0.307 e. The van der Waals surface area contributed by atoms with Gasteiger partial charge < -0.3 is 34.5 Å². The maximum absolute atomic E-state index is 13.2. The summed E-state index contributed by atoms with van der Waals surface area (Å²) >= 11 is 0.510. The van der Waals surface area contributed by atoms with E-state index in [9.17, 15) is 40.8 Å². The third-order valence-corrected chi connectivity index (χ3v) is 15.1. The van der Waals surface area contributed by atoms with E-state index in [-0.39, 0.29) is 40.7 Å². The number of rotatable bonds is 18. The zero-order valence-electron chi connectivity index (χ0n) is 34.1. The summed E-state index contributed by atoms with van der Waals surface area (Å²) in [5, 5.41) is 21.9. The number of fused-ring (bicyclic) bond motifs is 1. The second-order valence-electron chi connectivity index (χ2n) is 15.2. The van der Waals surface area contributed by atoms with Crippen LogP contribution in [0.25, 0.3) is 0 Å². The fourth-order valence-electron chi connectivity index (χ4n) is 5.93. The minimum atomic E-state index is -4.61. The molecule has 1 aromatic heterocycles. The number of morpholine rings is 1. The quantitative estimate of drug-likeness (QED) is 0.0605. The Morgan fingerprint density at radius 3 is 2.19 bits per heavy atom. The van der Waals surface area contributed by atoms with Gasteiger partial charge in [-0.2, -0.15) is 0 Å². The van der Waals surface area contributed by atoms with Gasteiger partial charge in [-0.05, 0) is 67.5 Å². The Labute approximate surface area is 343 Å². The summed E-state index contributed by atoms with van der Waals surface area (Å²) in [6.45, 7) is 14.6. The number of nitrogens with zero attached hydrogens (tertiary/aromatic N) is 1. The van der Waals surface area contributed by atoms with Crippen LogP contribution in [0.1, 0.15) is 86.3 Å². The van der Waals surface area contributed by atoms with E-state index in [1.165, 1.54) is 26.8 Å². The van der Waals surface area contributed by atoms with Gasteiger partial charge in [0.05, 0.1) is 43.1 Å². The molecule has 2 aliphatic rings. The lowest BCUT2D eigenvalue weighted by atomic mass is 9.90. The topological polar surface area (TPSA) is 278 Å². The summed E-state index contributed by atoms with van der Waals surface area (Å²) in [7, 11) is -8.42. The first-order chi connectivity index (χ1) is 26.9. The van der Waals surface area contributed by atoms with Crippen LogP contribution in [0.15, 0.2) is 14.5 Å². The molecule has 0 bridgehead atoms. The first-order valence-electron chi connectivity index (χ1n) is 18.9. The van der Waals surface area contributed by atoms with Gasteiger partial charge in [-0.1, -0.05) is 6.92 Å². The van der Waals surface area contributed by atoms with Crippen LogP contribution in [0.5, 0.6) is 0 Å². The average Bonchev–Trinajstić information content (AvgIpc) is 3.64. The number of ether oxygens (including phenoxy) is 4. The number of nitrogens with one attached hydrogen (secondary N) is 5. The molecule has 2 aliphatic heterocycles. The standard InChI is InChI=1S/C36H56N6O13S3/c1-9-39-26-16-20(2)57(48,49)35-25(26)17-29(56-35)58(50,51)41-34(47)22(4)30(45)21(3)31(46)23(5)54-27(43)10-11-28(44)55-24(18-40-36(6,7)8)19-53-33(38)32(37)42-12-14-52-15-13-42/h17,20-24,26,37-40H,9-16,18-19H2,1-8H3,(H,41,47)/t20-,21+,22-,23-,24-,26-/m0/s1. The van der Waals surface area contributed by atoms with Crippen LogP contribution in [0, 0.1) is 22.7 Å². The predicted molar refractivity (Wildman–Crippen MR) is 212 cm³/mol. The smallest absolute Gasteiger partial charge is 0.307 e. The molecule has 1 fully saturated rings. The fraction of sp³-hybridized carbons (Fsp3) is 0.694. The first-order valence-corrected chi connectivity index (χ1v) is 22.8. The molecule has 19 nitrogen and oxygen atoms in total. The molecule has 1 amide bonds. The van der Waals surface area contributed by atoms with Gasteiger partial charge in [0.1, 0.15) is 21.1 Å². The number of sulfonamides is 1. The second kappa shape index (κ2) is 20.4. The van der Waals surface area contributed by atoms with Crippen molar-refractivity contribution >= 4 is 72.3 Å². The number of sulfone groups is 1. The van der Waals surface area contributed by atoms with Crippen LogP contribution in [0.4, 0.5) is 0 Å². The van der Waals surface area contributed by atoms with Crippen LogP contribution in [-0.2, 0) is 62.8 Å². The van der Waals surface area contributed by atoms with E-state index < -0.39 is 108 Å². The molecule has 5 N–H and O–H groups in total. The molecule has 0 radical (unpaired) electrons. The highest BCUT2D eigenvalue weighted by Crippen LogP contribution is 2.42. The van der Waals surface area contributed by atoms with Crippen LogP contribution < -0.4 is 15.4 Å². The van der Waals surface area contributed by atoms with Crippen LogP contribution >= 0.6 is 11.3 Å². The number of hydrogen-bond acceptors (Lipinski definition) is 18. The van der Waals surface area contributed by atoms with Crippen molar-refractivity contribution in [2.24, 2.45) is 11.8 Å². The molecule has 0 spiro atoms. The molecule has 58 heavy (non-hydrogen) atoms. The summed E-state index contributed by atoms with van der Waals surface area (Å²) < 4.78 is 75.1. The molecule has 22 heteroatoms. The lowest BCUT2D eigenvalue weighted by Gasteiger charge is -2.29. The normalized spacial score (nSPS) is 20.0. The Morgan fingerprint density at radius 2 is 1.60 bits per heavy atom. The number of hydrogen-bond donors (Lipinski definition) is 5. The van der Waals surface area contributed by atoms with Crippen LogP contribution in [-0.4, -0.2) is 132 Å². The average molecular weight is 877 g/mol. The van der Waals surface area contributed by atoms with Gasteiger partial charge in [0.2, 0.25) is 11.8 Å². The monoisotopic (exact) mass is 876 g/mol. The van der Waals surface area contributed by atoms with E-state index in [0.29, 0.717) is 44.2 Å². The molecular weight excluding hydrogens is 821 g/mol. The molecule has 3 heterocycles. The van der Waals surface area contributed by atoms with E-state index in [1.54, 1.807) is 4.90 Å².